The molecule has 0 aliphatic carbocycles. The smallest absolute Gasteiger partial charge is 0.293 e. The molecule has 0 spiro atoms. The number of imide groups is 1. The largest absolute Gasteiger partial charge is 0.353 e. The zero-order chi connectivity index (χ0) is 21.4. The first kappa shape index (κ1) is 22.9. The van der Waals surface area contributed by atoms with Gasteiger partial charge in [-0.1, -0.05) is 36.7 Å². The second-order valence-corrected chi connectivity index (χ2v) is 7.96. The van der Waals surface area contributed by atoms with Gasteiger partial charge in [0, 0.05) is 24.7 Å². The summed E-state index contributed by atoms with van der Waals surface area (Å²) in [6.07, 6.45) is 1.60. The molecule has 1 N–H and O–H groups in total. The Hall–Kier alpha value is -2.34. The minimum Gasteiger partial charge on any atom is -0.353 e. The zero-order valence-electron chi connectivity index (χ0n) is 16.4. The van der Waals surface area contributed by atoms with Gasteiger partial charge in [0.15, 0.2) is 0 Å². The van der Waals surface area contributed by atoms with Gasteiger partial charge in [-0.05, 0) is 42.9 Å². The molecule has 2 rings (SSSR count). The van der Waals surface area contributed by atoms with Crippen LogP contribution in [0.2, 0.25) is 5.02 Å². The zero-order valence-corrected chi connectivity index (χ0v) is 17.9. The lowest BCUT2D eigenvalue weighted by Crippen LogP contribution is -2.42. The summed E-state index contributed by atoms with van der Waals surface area (Å²) >= 11 is 6.96. The van der Waals surface area contributed by atoms with Crippen LogP contribution in [0.4, 0.5) is 4.79 Å². The number of hydrogen-bond acceptors (Lipinski definition) is 6. The van der Waals surface area contributed by atoms with Crippen molar-refractivity contribution < 1.29 is 14.4 Å². The molecule has 1 aromatic carbocycles. The Morgan fingerprint density at radius 2 is 2.14 bits per heavy atom. The average molecular weight is 435 g/mol. The second kappa shape index (κ2) is 11.0. The monoisotopic (exact) mass is 434 g/mol. The van der Waals surface area contributed by atoms with Gasteiger partial charge in [-0.15, -0.1) is 0 Å². The maximum atomic E-state index is 12.5. The van der Waals surface area contributed by atoms with Crippen molar-refractivity contribution in [3.8, 4) is 6.07 Å². The van der Waals surface area contributed by atoms with E-state index < -0.39 is 5.91 Å². The minimum atomic E-state index is -0.396. The molecule has 154 valence electrons. The molecule has 1 aliphatic heterocycles. The number of carbonyl (C=O) groups excluding carboxylic acids is 3. The van der Waals surface area contributed by atoms with E-state index in [1.54, 1.807) is 37.3 Å². The molecular formula is C20H23ClN4O3S. The fourth-order valence-electron chi connectivity index (χ4n) is 2.73. The number of benzene rings is 1. The molecule has 0 bridgehead atoms. The van der Waals surface area contributed by atoms with Crippen molar-refractivity contribution >= 4 is 46.5 Å². The molecule has 1 heterocycles. The highest BCUT2D eigenvalue weighted by molar-refractivity contribution is 8.18. The molecule has 3 amide bonds. The number of halogens is 1. The van der Waals surface area contributed by atoms with Crippen molar-refractivity contribution in [2.24, 2.45) is 5.92 Å². The highest BCUT2D eigenvalue weighted by Gasteiger charge is 2.34. The Bertz CT molecular complexity index is 852. The maximum Gasteiger partial charge on any atom is 0.293 e. The first-order valence-electron chi connectivity index (χ1n) is 9.24. The summed E-state index contributed by atoms with van der Waals surface area (Å²) in [5.41, 5.74) is 0.666. The van der Waals surface area contributed by atoms with Crippen molar-refractivity contribution in [1.82, 2.24) is 15.1 Å². The molecule has 1 aliphatic rings. The van der Waals surface area contributed by atoms with Crippen LogP contribution in [0.15, 0.2) is 29.2 Å². The van der Waals surface area contributed by atoms with E-state index in [9.17, 15) is 14.4 Å². The number of thioether (sulfide) groups is 1. The molecule has 0 aromatic heterocycles. The molecule has 1 saturated heterocycles. The third-order valence-electron chi connectivity index (χ3n) is 4.29. The van der Waals surface area contributed by atoms with Crippen LogP contribution < -0.4 is 5.32 Å². The Balaban J connectivity index is 1.87. The fraction of sp³-hybridized carbons (Fsp3) is 0.400. The van der Waals surface area contributed by atoms with Gasteiger partial charge in [0.05, 0.1) is 23.4 Å². The first-order chi connectivity index (χ1) is 13.8. The lowest BCUT2D eigenvalue weighted by atomic mass is 10.2. The first-order valence-corrected chi connectivity index (χ1v) is 10.4. The maximum absolute atomic E-state index is 12.5. The van der Waals surface area contributed by atoms with E-state index in [-0.39, 0.29) is 36.7 Å². The van der Waals surface area contributed by atoms with E-state index in [0.29, 0.717) is 28.6 Å². The predicted molar refractivity (Wildman–Crippen MR) is 114 cm³/mol. The Labute approximate surface area is 179 Å². The summed E-state index contributed by atoms with van der Waals surface area (Å²) in [4.78, 5) is 40.1. The lowest BCUT2D eigenvalue weighted by molar-refractivity contribution is -0.124. The van der Waals surface area contributed by atoms with Gasteiger partial charge in [0.25, 0.3) is 11.1 Å². The third kappa shape index (κ3) is 6.60. The van der Waals surface area contributed by atoms with Crippen LogP contribution in [0.25, 0.3) is 6.08 Å². The number of nitrogens with zero attached hydrogens (tertiary/aromatic N) is 3. The van der Waals surface area contributed by atoms with E-state index in [2.05, 4.69) is 11.4 Å². The average Bonchev–Trinajstić information content (AvgIpc) is 2.96. The molecule has 1 fully saturated rings. The van der Waals surface area contributed by atoms with Crippen LogP contribution in [0.5, 0.6) is 0 Å². The van der Waals surface area contributed by atoms with E-state index in [0.717, 1.165) is 16.7 Å². The summed E-state index contributed by atoms with van der Waals surface area (Å²) < 4.78 is 0. The van der Waals surface area contributed by atoms with Crippen LogP contribution in [-0.2, 0) is 9.59 Å². The number of nitriles is 1. The number of amides is 3. The highest BCUT2D eigenvalue weighted by atomic mass is 35.5. The molecule has 0 radical (unpaired) electrons. The van der Waals surface area contributed by atoms with Crippen molar-refractivity contribution in [1.29, 1.82) is 5.26 Å². The third-order valence-corrected chi connectivity index (χ3v) is 5.54. The molecule has 0 saturated carbocycles. The van der Waals surface area contributed by atoms with Gasteiger partial charge in [-0.25, -0.2) is 0 Å². The SMILES string of the molecule is CCN(CC(=O)NCCN1C(=O)SC(=Cc2ccccc2Cl)C1=O)CC(C)C#N. The highest BCUT2D eigenvalue weighted by Crippen LogP contribution is 2.33. The number of hydrogen-bond donors (Lipinski definition) is 1. The Kier molecular flexibility index (Phi) is 8.70. The van der Waals surface area contributed by atoms with Gasteiger partial charge in [0.2, 0.25) is 5.91 Å². The van der Waals surface area contributed by atoms with Crippen molar-refractivity contribution in [2.75, 3.05) is 32.7 Å². The van der Waals surface area contributed by atoms with Gasteiger partial charge in [0.1, 0.15) is 0 Å². The van der Waals surface area contributed by atoms with E-state index in [1.165, 1.54) is 0 Å². The number of nitrogens with one attached hydrogen (secondary N) is 1. The van der Waals surface area contributed by atoms with Gasteiger partial charge in [-0.3, -0.25) is 24.2 Å². The summed E-state index contributed by atoms with van der Waals surface area (Å²) in [5, 5.41) is 11.7. The number of likely N-dealkylation sites (N-methyl/N-ethyl adjacent to an activating group) is 1. The van der Waals surface area contributed by atoms with Crippen LogP contribution in [0, 0.1) is 17.2 Å². The summed E-state index contributed by atoms with van der Waals surface area (Å²) in [6, 6.07) is 9.21. The van der Waals surface area contributed by atoms with E-state index in [1.807, 2.05) is 11.8 Å². The number of rotatable bonds is 9. The lowest BCUT2D eigenvalue weighted by Gasteiger charge is -2.21. The molecule has 7 nitrogen and oxygen atoms in total. The minimum absolute atomic E-state index is 0.0942. The van der Waals surface area contributed by atoms with Gasteiger partial charge >= 0.3 is 0 Å². The van der Waals surface area contributed by atoms with Crippen LogP contribution >= 0.6 is 23.4 Å². The normalized spacial score (nSPS) is 16.4. The van der Waals surface area contributed by atoms with Crippen molar-refractivity contribution in [3.05, 3.63) is 39.8 Å². The summed E-state index contributed by atoms with van der Waals surface area (Å²) in [6.45, 7) is 5.31. The van der Waals surface area contributed by atoms with Crippen LogP contribution in [0.1, 0.15) is 19.4 Å². The Morgan fingerprint density at radius 1 is 1.41 bits per heavy atom. The van der Waals surface area contributed by atoms with Gasteiger partial charge < -0.3 is 5.32 Å². The van der Waals surface area contributed by atoms with Crippen LogP contribution in [-0.4, -0.2) is 59.6 Å². The molecular weight excluding hydrogens is 412 g/mol. The number of carbonyl (C=O) groups is 3. The van der Waals surface area contributed by atoms with E-state index in [4.69, 9.17) is 16.9 Å². The second-order valence-electron chi connectivity index (χ2n) is 6.56. The quantitative estimate of drug-likeness (QED) is 0.600. The van der Waals surface area contributed by atoms with Crippen molar-refractivity contribution in [3.63, 3.8) is 0 Å². The molecule has 1 atom stereocenters. The molecule has 29 heavy (non-hydrogen) atoms. The molecule has 9 heteroatoms. The van der Waals surface area contributed by atoms with Crippen LogP contribution in [0.3, 0.4) is 0 Å². The molecule has 1 aromatic rings. The topological polar surface area (TPSA) is 93.5 Å². The fourth-order valence-corrected chi connectivity index (χ4v) is 3.77. The predicted octanol–water partition coefficient (Wildman–Crippen LogP) is 2.97. The summed E-state index contributed by atoms with van der Waals surface area (Å²) in [7, 11) is 0. The van der Waals surface area contributed by atoms with Gasteiger partial charge in [-0.2, -0.15) is 5.26 Å². The summed E-state index contributed by atoms with van der Waals surface area (Å²) in [5.74, 6) is -0.772. The van der Waals surface area contributed by atoms with Crippen molar-refractivity contribution in [2.45, 2.75) is 13.8 Å². The molecule has 1 unspecified atom stereocenters. The van der Waals surface area contributed by atoms with E-state index >= 15 is 0 Å². The Morgan fingerprint density at radius 3 is 2.79 bits per heavy atom. The standard InChI is InChI=1S/C20H23ClN4O3S/c1-3-24(12-14(2)11-22)13-18(26)23-8-9-25-19(27)17(29-20(25)28)10-15-6-4-5-7-16(15)21/h4-7,10,14H,3,8-9,12-13H2,1-2H3,(H,23,26).